The summed E-state index contributed by atoms with van der Waals surface area (Å²) < 4.78 is 65.3. The molecule has 17 heavy (non-hydrogen) atoms. The van der Waals surface area contributed by atoms with Gasteiger partial charge in [0, 0.05) is 6.42 Å². The number of rotatable bonds is 2. The molecule has 1 fully saturated rings. The topological polar surface area (TPSA) is 35.2 Å². The van der Waals surface area contributed by atoms with Crippen LogP contribution in [0.5, 0.6) is 5.75 Å². The Morgan fingerprint density at radius 3 is 2.29 bits per heavy atom. The molecule has 0 amide bonds. The van der Waals surface area contributed by atoms with Crippen molar-refractivity contribution in [2.24, 2.45) is 5.73 Å². The Labute approximate surface area is 93.2 Å². The Bertz CT molecular complexity index is 445. The van der Waals surface area contributed by atoms with Gasteiger partial charge in [0.1, 0.15) is 11.3 Å². The van der Waals surface area contributed by atoms with Gasteiger partial charge >= 0.3 is 6.36 Å². The normalized spacial score (nSPS) is 26.7. The van der Waals surface area contributed by atoms with Crippen molar-refractivity contribution in [2.75, 3.05) is 0 Å². The molecule has 7 heteroatoms. The maximum Gasteiger partial charge on any atom is 0.573 e. The number of hydrogen-bond donors (Lipinski definition) is 1. The van der Waals surface area contributed by atoms with Crippen molar-refractivity contribution in [3.8, 4) is 5.75 Å². The van der Waals surface area contributed by atoms with Crippen LogP contribution in [0.15, 0.2) is 24.3 Å². The second-order valence-corrected chi connectivity index (χ2v) is 3.93. The third kappa shape index (κ3) is 2.19. The van der Waals surface area contributed by atoms with Crippen LogP contribution in [0.3, 0.4) is 0 Å². The summed E-state index contributed by atoms with van der Waals surface area (Å²) in [5.41, 5.74) is 3.45. The first-order chi connectivity index (χ1) is 7.64. The molecule has 1 saturated carbocycles. The molecule has 1 unspecified atom stereocenters. The molecular weight excluding hydrogens is 245 g/mol. The summed E-state index contributed by atoms with van der Waals surface area (Å²) in [5, 5.41) is 0. The number of ether oxygens (including phenoxy) is 1. The third-order valence-corrected chi connectivity index (χ3v) is 2.61. The zero-order valence-corrected chi connectivity index (χ0v) is 8.39. The largest absolute Gasteiger partial charge is 0.573 e. The van der Waals surface area contributed by atoms with Crippen LogP contribution in [0.1, 0.15) is 12.0 Å². The van der Waals surface area contributed by atoms with E-state index in [1.807, 2.05) is 0 Å². The second kappa shape index (κ2) is 3.32. The van der Waals surface area contributed by atoms with E-state index in [1.165, 1.54) is 12.1 Å². The van der Waals surface area contributed by atoms with Gasteiger partial charge in [0.05, 0.1) is 0 Å². The maximum absolute atomic E-state index is 12.9. The third-order valence-electron chi connectivity index (χ3n) is 2.61. The molecule has 94 valence electrons. The molecule has 1 aliphatic carbocycles. The summed E-state index contributed by atoms with van der Waals surface area (Å²) in [6, 6.07) is 4.36. The lowest BCUT2D eigenvalue weighted by atomic mass is 10.1. The van der Waals surface area contributed by atoms with Gasteiger partial charge < -0.3 is 10.5 Å². The predicted molar refractivity (Wildman–Crippen MR) is 48.6 cm³/mol. The van der Waals surface area contributed by atoms with E-state index in [-0.39, 0.29) is 5.56 Å². The van der Waals surface area contributed by atoms with Crippen LogP contribution in [0.2, 0.25) is 0 Å². The number of benzene rings is 1. The van der Waals surface area contributed by atoms with Gasteiger partial charge in [-0.05, 0) is 17.7 Å². The van der Waals surface area contributed by atoms with Gasteiger partial charge in [0.25, 0.3) is 5.92 Å². The van der Waals surface area contributed by atoms with Gasteiger partial charge in [-0.25, -0.2) is 8.78 Å². The number of hydrogen-bond acceptors (Lipinski definition) is 2. The summed E-state index contributed by atoms with van der Waals surface area (Å²) in [4.78, 5) is 0. The SMILES string of the molecule is NC1(c2cccc(OC(F)(F)F)c2)CC1(F)F. The van der Waals surface area contributed by atoms with Crippen molar-refractivity contribution in [1.29, 1.82) is 0 Å². The smallest absolute Gasteiger partial charge is 0.406 e. The number of alkyl halides is 5. The van der Waals surface area contributed by atoms with Crippen molar-refractivity contribution in [1.82, 2.24) is 0 Å². The fourth-order valence-corrected chi connectivity index (χ4v) is 1.59. The van der Waals surface area contributed by atoms with E-state index in [0.29, 0.717) is 0 Å². The zero-order valence-electron chi connectivity index (χ0n) is 8.39. The van der Waals surface area contributed by atoms with Crippen molar-refractivity contribution < 1.29 is 26.7 Å². The van der Waals surface area contributed by atoms with Crippen LogP contribution < -0.4 is 10.5 Å². The zero-order chi connectivity index (χ0) is 12.9. The number of halogens is 5. The molecule has 0 aromatic heterocycles. The van der Waals surface area contributed by atoms with Crippen molar-refractivity contribution in [3.63, 3.8) is 0 Å². The minimum atomic E-state index is -4.85. The van der Waals surface area contributed by atoms with E-state index in [4.69, 9.17) is 5.73 Å². The van der Waals surface area contributed by atoms with Gasteiger partial charge in [-0.3, -0.25) is 0 Å². The van der Waals surface area contributed by atoms with Gasteiger partial charge in [-0.1, -0.05) is 12.1 Å². The van der Waals surface area contributed by atoms with E-state index >= 15 is 0 Å². The Kier molecular flexibility index (Phi) is 2.36. The van der Waals surface area contributed by atoms with Crippen LogP contribution in [0.4, 0.5) is 22.0 Å². The molecular formula is C10H8F5NO. The lowest BCUT2D eigenvalue weighted by Crippen LogP contribution is -2.27. The van der Waals surface area contributed by atoms with Crippen LogP contribution in [0.25, 0.3) is 0 Å². The molecule has 0 saturated heterocycles. The first kappa shape index (κ1) is 12.1. The molecule has 0 aliphatic heterocycles. The Morgan fingerprint density at radius 1 is 1.24 bits per heavy atom. The summed E-state index contributed by atoms with van der Waals surface area (Å²) in [7, 11) is 0. The van der Waals surface area contributed by atoms with E-state index < -0.39 is 30.0 Å². The molecule has 0 spiro atoms. The highest BCUT2D eigenvalue weighted by atomic mass is 19.4. The summed E-state index contributed by atoms with van der Waals surface area (Å²) in [5.74, 6) is -3.63. The quantitative estimate of drug-likeness (QED) is 0.822. The van der Waals surface area contributed by atoms with Crippen LogP contribution in [-0.2, 0) is 5.54 Å². The minimum absolute atomic E-state index is 0.0655. The average molecular weight is 253 g/mol. The molecule has 2 nitrogen and oxygen atoms in total. The predicted octanol–water partition coefficient (Wildman–Crippen LogP) is 2.78. The molecule has 1 atom stereocenters. The summed E-state index contributed by atoms with van der Waals surface area (Å²) in [6.45, 7) is 0. The van der Waals surface area contributed by atoms with Crippen LogP contribution in [-0.4, -0.2) is 12.3 Å². The highest BCUT2D eigenvalue weighted by Gasteiger charge is 2.70. The lowest BCUT2D eigenvalue weighted by Gasteiger charge is -2.13. The molecule has 0 radical (unpaired) electrons. The number of nitrogens with two attached hydrogens (primary N) is 1. The van der Waals surface area contributed by atoms with Crippen molar-refractivity contribution >= 4 is 0 Å². The Balaban J connectivity index is 2.25. The van der Waals surface area contributed by atoms with E-state index in [2.05, 4.69) is 4.74 Å². The van der Waals surface area contributed by atoms with Gasteiger partial charge in [0.2, 0.25) is 0 Å². The fraction of sp³-hybridized carbons (Fsp3) is 0.400. The van der Waals surface area contributed by atoms with Gasteiger partial charge in [0.15, 0.2) is 0 Å². The molecule has 2 rings (SSSR count). The molecule has 1 aromatic carbocycles. The molecule has 0 heterocycles. The van der Waals surface area contributed by atoms with Crippen LogP contribution in [0, 0.1) is 0 Å². The summed E-state index contributed by atoms with van der Waals surface area (Å²) >= 11 is 0. The Morgan fingerprint density at radius 2 is 1.82 bits per heavy atom. The molecule has 1 aliphatic rings. The Hall–Kier alpha value is -1.37. The standard InChI is InChI=1S/C10H8F5NO/c11-9(12)5-8(9,16)6-2-1-3-7(4-6)17-10(13,14)15/h1-4H,5,16H2. The highest BCUT2D eigenvalue weighted by molar-refractivity contribution is 5.40. The van der Waals surface area contributed by atoms with Gasteiger partial charge in [-0.15, -0.1) is 13.2 Å². The average Bonchev–Trinajstić information content (AvgIpc) is 2.65. The lowest BCUT2D eigenvalue weighted by molar-refractivity contribution is -0.274. The molecule has 2 N–H and O–H groups in total. The molecule has 0 bridgehead atoms. The van der Waals surface area contributed by atoms with Crippen molar-refractivity contribution in [3.05, 3.63) is 29.8 Å². The molecule has 1 aromatic rings. The van der Waals surface area contributed by atoms with E-state index in [9.17, 15) is 22.0 Å². The van der Waals surface area contributed by atoms with Crippen LogP contribution >= 0.6 is 0 Å². The fourth-order valence-electron chi connectivity index (χ4n) is 1.59. The first-order valence-corrected chi connectivity index (χ1v) is 4.67. The second-order valence-electron chi connectivity index (χ2n) is 3.93. The van der Waals surface area contributed by atoms with E-state index in [1.54, 1.807) is 0 Å². The van der Waals surface area contributed by atoms with Crippen molar-refractivity contribution in [2.45, 2.75) is 24.2 Å². The van der Waals surface area contributed by atoms with E-state index in [0.717, 1.165) is 12.1 Å². The maximum atomic E-state index is 12.9. The minimum Gasteiger partial charge on any atom is -0.406 e. The highest BCUT2D eigenvalue weighted by Crippen LogP contribution is 2.57. The summed E-state index contributed by atoms with van der Waals surface area (Å²) in [6.07, 6.45) is -5.43. The first-order valence-electron chi connectivity index (χ1n) is 4.67. The monoisotopic (exact) mass is 253 g/mol. The van der Waals surface area contributed by atoms with Gasteiger partial charge in [-0.2, -0.15) is 0 Å².